The van der Waals surface area contributed by atoms with E-state index in [1.54, 1.807) is 0 Å². The number of hydrogen-bond acceptors (Lipinski definition) is 2. The van der Waals surface area contributed by atoms with Crippen LogP contribution in [0.2, 0.25) is 0 Å². The highest BCUT2D eigenvalue weighted by Gasteiger charge is 2.04. The number of nitrogens with zero attached hydrogens (tertiary/aromatic N) is 1. The summed E-state index contributed by atoms with van der Waals surface area (Å²) in [6.45, 7) is 6.20. The first-order valence-corrected chi connectivity index (χ1v) is 6.53. The van der Waals surface area contributed by atoms with Crippen LogP contribution in [0.25, 0.3) is 11.1 Å². The van der Waals surface area contributed by atoms with Gasteiger partial charge in [-0.05, 0) is 48.7 Å². The summed E-state index contributed by atoms with van der Waals surface area (Å²) in [6.07, 6.45) is 3.04. The third kappa shape index (κ3) is 3.17. The SMILES string of the molecule is CCCNCc1ccccc1-c1ccnc(C)c1. The smallest absolute Gasteiger partial charge is 0.0378 e. The summed E-state index contributed by atoms with van der Waals surface area (Å²) in [7, 11) is 0. The number of benzene rings is 1. The van der Waals surface area contributed by atoms with Crippen molar-refractivity contribution in [3.8, 4) is 11.1 Å². The van der Waals surface area contributed by atoms with Gasteiger partial charge in [0.1, 0.15) is 0 Å². The van der Waals surface area contributed by atoms with Gasteiger partial charge in [0.2, 0.25) is 0 Å². The molecule has 0 unspecified atom stereocenters. The maximum Gasteiger partial charge on any atom is 0.0378 e. The van der Waals surface area contributed by atoms with E-state index in [0.29, 0.717) is 0 Å². The molecule has 1 aromatic heterocycles. The number of hydrogen-bond donors (Lipinski definition) is 1. The monoisotopic (exact) mass is 240 g/mol. The molecule has 0 atom stereocenters. The lowest BCUT2D eigenvalue weighted by Gasteiger charge is -2.10. The fourth-order valence-electron chi connectivity index (χ4n) is 2.07. The van der Waals surface area contributed by atoms with Crippen molar-refractivity contribution in [1.82, 2.24) is 10.3 Å². The number of nitrogens with one attached hydrogen (secondary N) is 1. The second kappa shape index (κ2) is 6.31. The topological polar surface area (TPSA) is 24.9 Å². The lowest BCUT2D eigenvalue weighted by molar-refractivity contribution is 0.676. The normalized spacial score (nSPS) is 10.6. The van der Waals surface area contributed by atoms with Crippen molar-refractivity contribution in [2.24, 2.45) is 0 Å². The van der Waals surface area contributed by atoms with Crippen molar-refractivity contribution in [2.45, 2.75) is 26.8 Å². The molecule has 0 aliphatic heterocycles. The molecule has 2 aromatic rings. The maximum absolute atomic E-state index is 4.25. The molecule has 0 spiro atoms. The van der Waals surface area contributed by atoms with Crippen LogP contribution in [0.15, 0.2) is 42.6 Å². The van der Waals surface area contributed by atoms with Crippen molar-refractivity contribution in [3.63, 3.8) is 0 Å². The number of rotatable bonds is 5. The second-order valence-electron chi connectivity index (χ2n) is 4.52. The molecule has 2 rings (SSSR count). The molecule has 0 saturated carbocycles. The van der Waals surface area contributed by atoms with E-state index in [1.165, 1.54) is 16.7 Å². The Kier molecular flexibility index (Phi) is 4.48. The Labute approximate surface area is 109 Å². The van der Waals surface area contributed by atoms with E-state index in [1.807, 2.05) is 13.1 Å². The molecule has 0 aliphatic carbocycles. The van der Waals surface area contributed by atoms with Crippen molar-refractivity contribution in [2.75, 3.05) is 6.54 Å². The van der Waals surface area contributed by atoms with Gasteiger partial charge in [-0.1, -0.05) is 31.2 Å². The number of aryl methyl sites for hydroxylation is 1. The molecule has 0 saturated heterocycles. The summed E-state index contributed by atoms with van der Waals surface area (Å²) >= 11 is 0. The van der Waals surface area contributed by atoms with E-state index in [4.69, 9.17) is 0 Å². The summed E-state index contributed by atoms with van der Waals surface area (Å²) in [5.41, 5.74) is 4.95. The molecule has 0 amide bonds. The van der Waals surface area contributed by atoms with Gasteiger partial charge in [0.05, 0.1) is 0 Å². The minimum absolute atomic E-state index is 0.922. The van der Waals surface area contributed by atoms with Gasteiger partial charge in [-0.2, -0.15) is 0 Å². The largest absolute Gasteiger partial charge is 0.313 e. The van der Waals surface area contributed by atoms with Gasteiger partial charge in [-0.15, -0.1) is 0 Å². The summed E-state index contributed by atoms with van der Waals surface area (Å²) in [5, 5.41) is 3.46. The van der Waals surface area contributed by atoms with Gasteiger partial charge in [-0.3, -0.25) is 4.98 Å². The second-order valence-corrected chi connectivity index (χ2v) is 4.52. The van der Waals surface area contributed by atoms with Gasteiger partial charge in [0, 0.05) is 18.4 Å². The zero-order valence-electron chi connectivity index (χ0n) is 11.1. The standard InChI is InChI=1S/C16H20N2/c1-3-9-17-12-15-6-4-5-7-16(15)14-8-10-18-13(2)11-14/h4-8,10-11,17H,3,9,12H2,1-2H3. The van der Waals surface area contributed by atoms with Crippen LogP contribution in [0.4, 0.5) is 0 Å². The third-order valence-corrected chi connectivity index (χ3v) is 2.97. The van der Waals surface area contributed by atoms with E-state index in [-0.39, 0.29) is 0 Å². The van der Waals surface area contributed by atoms with Crippen LogP contribution in [0.1, 0.15) is 24.6 Å². The van der Waals surface area contributed by atoms with Crippen LogP contribution in [0.3, 0.4) is 0 Å². The molecular weight excluding hydrogens is 220 g/mol. The highest BCUT2D eigenvalue weighted by Crippen LogP contribution is 2.23. The van der Waals surface area contributed by atoms with Crippen LogP contribution in [0, 0.1) is 6.92 Å². The molecule has 0 bridgehead atoms. The molecule has 2 nitrogen and oxygen atoms in total. The molecule has 18 heavy (non-hydrogen) atoms. The van der Waals surface area contributed by atoms with Crippen LogP contribution < -0.4 is 5.32 Å². The fraction of sp³-hybridized carbons (Fsp3) is 0.312. The van der Waals surface area contributed by atoms with Gasteiger partial charge >= 0.3 is 0 Å². The van der Waals surface area contributed by atoms with Crippen LogP contribution >= 0.6 is 0 Å². The molecule has 1 N–H and O–H groups in total. The predicted molar refractivity (Wildman–Crippen MR) is 76.4 cm³/mol. The minimum Gasteiger partial charge on any atom is -0.313 e. The van der Waals surface area contributed by atoms with Crippen molar-refractivity contribution in [1.29, 1.82) is 0 Å². The summed E-state index contributed by atoms with van der Waals surface area (Å²) in [5.74, 6) is 0. The Morgan fingerprint density at radius 2 is 2.00 bits per heavy atom. The fourth-order valence-corrected chi connectivity index (χ4v) is 2.07. The highest BCUT2D eigenvalue weighted by molar-refractivity contribution is 5.67. The van der Waals surface area contributed by atoms with Gasteiger partial charge in [0.15, 0.2) is 0 Å². The molecule has 94 valence electrons. The van der Waals surface area contributed by atoms with Crippen LogP contribution in [-0.4, -0.2) is 11.5 Å². The Morgan fingerprint density at radius 3 is 2.78 bits per heavy atom. The molecule has 0 fully saturated rings. The van der Waals surface area contributed by atoms with E-state index >= 15 is 0 Å². The van der Waals surface area contributed by atoms with Crippen molar-refractivity contribution in [3.05, 3.63) is 53.9 Å². The molecule has 1 heterocycles. The first-order valence-electron chi connectivity index (χ1n) is 6.53. The summed E-state index contributed by atoms with van der Waals surface area (Å²) < 4.78 is 0. The zero-order chi connectivity index (χ0) is 12.8. The van der Waals surface area contributed by atoms with E-state index in [2.05, 4.69) is 53.6 Å². The zero-order valence-corrected chi connectivity index (χ0v) is 11.1. The highest BCUT2D eigenvalue weighted by atomic mass is 14.8. The molecular formula is C16H20N2. The molecule has 0 aliphatic rings. The lowest BCUT2D eigenvalue weighted by Crippen LogP contribution is -2.14. The van der Waals surface area contributed by atoms with Crippen LogP contribution in [0.5, 0.6) is 0 Å². The van der Waals surface area contributed by atoms with Crippen molar-refractivity contribution >= 4 is 0 Å². The predicted octanol–water partition coefficient (Wildman–Crippen LogP) is 3.56. The lowest BCUT2D eigenvalue weighted by atomic mass is 10.00. The average molecular weight is 240 g/mol. The van der Waals surface area contributed by atoms with E-state index in [9.17, 15) is 0 Å². The van der Waals surface area contributed by atoms with E-state index < -0.39 is 0 Å². The quantitative estimate of drug-likeness (QED) is 0.808. The minimum atomic E-state index is 0.922. The first kappa shape index (κ1) is 12.8. The molecule has 1 aromatic carbocycles. The Hall–Kier alpha value is -1.67. The van der Waals surface area contributed by atoms with Crippen LogP contribution in [-0.2, 0) is 6.54 Å². The summed E-state index contributed by atoms with van der Waals surface area (Å²) in [4.78, 5) is 4.25. The Morgan fingerprint density at radius 1 is 1.17 bits per heavy atom. The van der Waals surface area contributed by atoms with E-state index in [0.717, 1.165) is 25.2 Å². The van der Waals surface area contributed by atoms with Gasteiger partial charge in [0.25, 0.3) is 0 Å². The maximum atomic E-state index is 4.25. The third-order valence-electron chi connectivity index (χ3n) is 2.97. The Bertz CT molecular complexity index is 506. The first-order chi connectivity index (χ1) is 8.81. The number of pyridine rings is 1. The van der Waals surface area contributed by atoms with Gasteiger partial charge < -0.3 is 5.32 Å². The molecule has 0 radical (unpaired) electrons. The van der Waals surface area contributed by atoms with Crippen molar-refractivity contribution < 1.29 is 0 Å². The number of aromatic nitrogens is 1. The summed E-state index contributed by atoms with van der Waals surface area (Å²) in [6, 6.07) is 12.8. The average Bonchev–Trinajstić information content (AvgIpc) is 2.40. The van der Waals surface area contributed by atoms with Gasteiger partial charge in [-0.25, -0.2) is 0 Å². The Balaban J connectivity index is 2.27. The molecule has 2 heteroatoms.